The Morgan fingerprint density at radius 2 is 2.21 bits per heavy atom. The van der Waals surface area contributed by atoms with E-state index in [1.54, 1.807) is 17.4 Å². The highest BCUT2D eigenvalue weighted by Crippen LogP contribution is 2.31. The van der Waals surface area contributed by atoms with Crippen molar-refractivity contribution >= 4 is 44.9 Å². The molecule has 2 heterocycles. The van der Waals surface area contributed by atoms with Gasteiger partial charge in [0.15, 0.2) is 11.4 Å². The monoisotopic (exact) mass is 388 g/mol. The topological polar surface area (TPSA) is 51.2 Å². The lowest BCUT2D eigenvalue weighted by atomic mass is 10.1. The molecule has 0 saturated heterocycles. The van der Waals surface area contributed by atoms with Crippen LogP contribution in [0.5, 0.6) is 0 Å². The smallest absolute Gasteiger partial charge is 0.169 e. The van der Waals surface area contributed by atoms with Crippen LogP contribution in [0.15, 0.2) is 40.1 Å². The Morgan fingerprint density at radius 3 is 2.84 bits per heavy atom. The van der Waals surface area contributed by atoms with E-state index in [9.17, 15) is 4.39 Å². The van der Waals surface area contributed by atoms with Crippen LogP contribution >= 0.6 is 33.9 Å². The summed E-state index contributed by atoms with van der Waals surface area (Å²) in [6.45, 7) is 0. The lowest BCUT2D eigenvalue weighted by Gasteiger charge is -2.10. The average Bonchev–Trinajstić information content (AvgIpc) is 2.98. The lowest BCUT2D eigenvalue weighted by Crippen LogP contribution is -2.28. The zero-order valence-electron chi connectivity index (χ0n) is 9.69. The average molecular weight is 388 g/mol. The van der Waals surface area contributed by atoms with Crippen molar-refractivity contribution in [3.63, 3.8) is 0 Å². The van der Waals surface area contributed by atoms with Crippen LogP contribution in [0.3, 0.4) is 0 Å². The molecule has 0 aliphatic heterocycles. The fraction of sp³-hybridized carbons (Fsp3) is 0.0769. The number of benzene rings is 1. The van der Waals surface area contributed by atoms with Gasteiger partial charge in [-0.1, -0.05) is 12.1 Å². The fourth-order valence-corrected chi connectivity index (χ4v) is 3.41. The van der Waals surface area contributed by atoms with E-state index in [4.69, 9.17) is 10.3 Å². The van der Waals surface area contributed by atoms with Crippen LogP contribution in [0, 0.1) is 8.70 Å². The van der Waals surface area contributed by atoms with Gasteiger partial charge < -0.3 is 4.42 Å². The number of fused-ring (bicyclic) bond motifs is 1. The Labute approximate surface area is 126 Å². The molecular formula is C13H10FIN2OS. The molecule has 19 heavy (non-hydrogen) atoms. The van der Waals surface area contributed by atoms with Crippen molar-refractivity contribution in [3.05, 3.63) is 55.7 Å². The first-order valence-corrected chi connectivity index (χ1v) is 7.53. The molecule has 3 nitrogen and oxygen atoms in total. The molecule has 3 aromatic rings. The van der Waals surface area contributed by atoms with Crippen LogP contribution in [0.4, 0.5) is 4.39 Å². The minimum Gasteiger partial charge on any atom is -0.456 e. The van der Waals surface area contributed by atoms with Gasteiger partial charge in [0.25, 0.3) is 0 Å². The number of hydrogen-bond donors (Lipinski definition) is 2. The van der Waals surface area contributed by atoms with E-state index in [2.05, 4.69) is 28.0 Å². The molecule has 2 aromatic heterocycles. The van der Waals surface area contributed by atoms with Gasteiger partial charge in [-0.2, -0.15) is 0 Å². The minimum absolute atomic E-state index is 0.266. The Hall–Kier alpha value is -0.960. The van der Waals surface area contributed by atoms with Crippen molar-refractivity contribution in [1.82, 2.24) is 5.43 Å². The second kappa shape index (κ2) is 5.20. The summed E-state index contributed by atoms with van der Waals surface area (Å²) in [5.74, 6) is 5.85. The minimum atomic E-state index is -0.362. The number of hydrogen-bond acceptors (Lipinski definition) is 4. The highest BCUT2D eigenvalue weighted by atomic mass is 127. The van der Waals surface area contributed by atoms with Crippen LogP contribution in [0.1, 0.15) is 17.4 Å². The number of hydrazine groups is 1. The molecule has 6 heteroatoms. The van der Waals surface area contributed by atoms with E-state index in [0.29, 0.717) is 5.76 Å². The van der Waals surface area contributed by atoms with Crippen LogP contribution in [-0.4, -0.2) is 0 Å². The zero-order chi connectivity index (χ0) is 13.4. The standard InChI is InChI=1S/C13H10FIN2OS/c14-9-3-1-2-7-4-10(18-13(7)9)12(17-16)8-5-11(15)19-6-8/h1-6,12,17H,16H2. The number of nitrogens with one attached hydrogen (secondary N) is 1. The van der Waals surface area contributed by atoms with E-state index < -0.39 is 0 Å². The molecule has 0 fully saturated rings. The summed E-state index contributed by atoms with van der Waals surface area (Å²) in [6.07, 6.45) is 0. The highest BCUT2D eigenvalue weighted by molar-refractivity contribution is 14.1. The van der Waals surface area contributed by atoms with Gasteiger partial charge in [-0.05, 0) is 51.7 Å². The first-order chi connectivity index (χ1) is 9.19. The number of nitrogens with two attached hydrogens (primary N) is 1. The number of halogens is 2. The molecule has 0 aliphatic carbocycles. The highest BCUT2D eigenvalue weighted by Gasteiger charge is 2.19. The third kappa shape index (κ3) is 2.40. The fourth-order valence-electron chi connectivity index (χ4n) is 2.01. The molecule has 0 aliphatic rings. The van der Waals surface area contributed by atoms with Crippen LogP contribution in [0.25, 0.3) is 11.0 Å². The van der Waals surface area contributed by atoms with Gasteiger partial charge in [0.1, 0.15) is 11.8 Å². The Kier molecular flexibility index (Phi) is 3.57. The Balaban J connectivity index is 2.09. The quantitative estimate of drug-likeness (QED) is 0.408. The maximum Gasteiger partial charge on any atom is 0.169 e. The van der Waals surface area contributed by atoms with Gasteiger partial charge in [-0.3, -0.25) is 5.84 Å². The third-order valence-electron chi connectivity index (χ3n) is 2.89. The van der Waals surface area contributed by atoms with Crippen LogP contribution < -0.4 is 11.3 Å². The SMILES string of the molecule is NNC(c1csc(I)c1)c1cc2cccc(F)c2o1. The van der Waals surface area contributed by atoms with Crippen molar-refractivity contribution in [2.45, 2.75) is 6.04 Å². The largest absolute Gasteiger partial charge is 0.456 e. The van der Waals surface area contributed by atoms with E-state index in [0.717, 1.165) is 13.8 Å². The Bertz CT molecular complexity index is 724. The lowest BCUT2D eigenvalue weighted by molar-refractivity contribution is 0.465. The molecule has 3 N–H and O–H groups in total. The van der Waals surface area contributed by atoms with Gasteiger partial charge in [-0.15, -0.1) is 11.3 Å². The van der Waals surface area contributed by atoms with E-state index >= 15 is 0 Å². The van der Waals surface area contributed by atoms with Crippen molar-refractivity contribution in [2.24, 2.45) is 5.84 Å². The van der Waals surface area contributed by atoms with E-state index in [1.807, 2.05) is 23.6 Å². The van der Waals surface area contributed by atoms with Gasteiger partial charge in [0.05, 0.1) is 2.88 Å². The normalized spacial score (nSPS) is 13.0. The van der Waals surface area contributed by atoms with Crippen molar-refractivity contribution in [3.8, 4) is 0 Å². The summed E-state index contributed by atoms with van der Waals surface area (Å²) in [7, 11) is 0. The second-order valence-corrected chi connectivity index (χ2v) is 6.90. The Morgan fingerprint density at radius 1 is 1.37 bits per heavy atom. The second-order valence-electron chi connectivity index (χ2n) is 4.09. The van der Waals surface area contributed by atoms with E-state index in [1.165, 1.54) is 6.07 Å². The summed E-state index contributed by atoms with van der Waals surface area (Å²) in [5, 5.41) is 2.75. The maximum atomic E-state index is 13.6. The molecule has 1 atom stereocenters. The number of para-hydroxylation sites is 1. The number of rotatable bonds is 3. The van der Waals surface area contributed by atoms with Crippen LogP contribution in [-0.2, 0) is 0 Å². The molecule has 0 saturated carbocycles. The van der Waals surface area contributed by atoms with Gasteiger partial charge in [0, 0.05) is 5.39 Å². The predicted molar refractivity (Wildman–Crippen MR) is 82.4 cm³/mol. The summed E-state index contributed by atoms with van der Waals surface area (Å²) >= 11 is 3.88. The van der Waals surface area contributed by atoms with Crippen molar-refractivity contribution < 1.29 is 8.81 Å². The first-order valence-electron chi connectivity index (χ1n) is 5.57. The summed E-state index contributed by atoms with van der Waals surface area (Å²) in [4.78, 5) is 0. The molecular weight excluding hydrogens is 378 g/mol. The molecule has 1 unspecified atom stereocenters. The number of thiophene rings is 1. The molecule has 98 valence electrons. The van der Waals surface area contributed by atoms with Gasteiger partial charge in [0.2, 0.25) is 0 Å². The predicted octanol–water partition coefficient (Wildman–Crippen LogP) is 3.79. The molecule has 3 rings (SSSR count). The molecule has 0 amide bonds. The van der Waals surface area contributed by atoms with Gasteiger partial charge >= 0.3 is 0 Å². The summed E-state index contributed by atoms with van der Waals surface area (Å²) < 4.78 is 20.4. The first kappa shape index (κ1) is 13.0. The summed E-state index contributed by atoms with van der Waals surface area (Å²) in [5.41, 5.74) is 3.99. The number of furan rings is 1. The van der Waals surface area contributed by atoms with E-state index in [-0.39, 0.29) is 17.4 Å². The zero-order valence-corrected chi connectivity index (χ0v) is 12.7. The molecule has 0 radical (unpaired) electrons. The molecule has 0 bridgehead atoms. The third-order valence-corrected chi connectivity index (χ3v) is 4.69. The maximum absolute atomic E-state index is 13.6. The van der Waals surface area contributed by atoms with Crippen LogP contribution in [0.2, 0.25) is 0 Å². The molecule has 1 aromatic carbocycles. The van der Waals surface area contributed by atoms with Crippen molar-refractivity contribution in [1.29, 1.82) is 0 Å². The van der Waals surface area contributed by atoms with Crippen molar-refractivity contribution in [2.75, 3.05) is 0 Å². The molecule has 0 spiro atoms. The van der Waals surface area contributed by atoms with Gasteiger partial charge in [-0.25, -0.2) is 9.82 Å². The summed E-state index contributed by atoms with van der Waals surface area (Å²) in [6, 6.07) is 8.43.